The molecule has 2 fully saturated rings. The average Bonchev–Trinajstić information content (AvgIpc) is 3.82. The van der Waals surface area contributed by atoms with Crippen molar-refractivity contribution in [3.8, 4) is 28.6 Å². The molecule has 1 aliphatic heterocycles. The van der Waals surface area contributed by atoms with Crippen LogP contribution < -0.4 is 29.7 Å². The summed E-state index contributed by atoms with van der Waals surface area (Å²) >= 11 is 0. The molecule has 0 bridgehead atoms. The molecule has 4 aromatic rings. The number of benzene rings is 1. The third kappa shape index (κ3) is 4.63. The number of aromatic nitrogens is 4. The summed E-state index contributed by atoms with van der Waals surface area (Å²) in [5.41, 5.74) is 3.76. The van der Waals surface area contributed by atoms with E-state index in [1.807, 2.05) is 36.7 Å². The van der Waals surface area contributed by atoms with Crippen LogP contribution in [0.25, 0.3) is 22.3 Å². The molecule has 0 amide bonds. The van der Waals surface area contributed by atoms with Crippen molar-refractivity contribution < 1.29 is 14.2 Å². The van der Waals surface area contributed by atoms with Gasteiger partial charge in [0.05, 0.1) is 33.0 Å². The Bertz CT molecular complexity index is 1440. The molecular formula is C28H31N7O3. The zero-order valence-corrected chi connectivity index (χ0v) is 21.8. The van der Waals surface area contributed by atoms with Crippen LogP contribution in [0.15, 0.2) is 42.9 Å². The van der Waals surface area contributed by atoms with Crippen LogP contribution in [-0.2, 0) is 0 Å². The van der Waals surface area contributed by atoms with Crippen molar-refractivity contribution in [2.24, 2.45) is 0 Å². The van der Waals surface area contributed by atoms with Crippen LogP contribution in [0, 0.1) is 0 Å². The first kappa shape index (κ1) is 24.2. The Morgan fingerprint density at radius 3 is 2.39 bits per heavy atom. The molecule has 1 saturated heterocycles. The molecule has 6 rings (SSSR count). The minimum atomic E-state index is 0.534. The van der Waals surface area contributed by atoms with Crippen LogP contribution >= 0.6 is 0 Å². The van der Waals surface area contributed by atoms with Gasteiger partial charge in [-0.25, -0.2) is 15.0 Å². The summed E-state index contributed by atoms with van der Waals surface area (Å²) in [4.78, 5) is 21.5. The molecule has 10 heteroatoms. The Hall–Kier alpha value is -4.18. The van der Waals surface area contributed by atoms with Crippen molar-refractivity contribution in [3.63, 3.8) is 0 Å². The SMILES string of the molecule is COc1cc(Nc2cc(-c3nc(N4CCNCC4)c4c(C5CC5)cncc4n3)ccn2)cc(OC)c1OC. The van der Waals surface area contributed by atoms with Gasteiger partial charge in [0.25, 0.3) is 0 Å². The van der Waals surface area contributed by atoms with Gasteiger partial charge >= 0.3 is 0 Å². The number of hydrogen-bond donors (Lipinski definition) is 2. The normalized spacial score (nSPS) is 15.4. The van der Waals surface area contributed by atoms with E-state index >= 15 is 0 Å². The number of nitrogens with one attached hydrogen (secondary N) is 2. The molecule has 0 unspecified atom stereocenters. The fourth-order valence-corrected chi connectivity index (χ4v) is 4.97. The number of fused-ring (bicyclic) bond motifs is 1. The molecule has 2 aliphatic rings. The quantitative estimate of drug-likeness (QED) is 0.357. The smallest absolute Gasteiger partial charge is 0.203 e. The van der Waals surface area contributed by atoms with E-state index in [1.54, 1.807) is 27.5 Å². The second kappa shape index (κ2) is 10.3. The van der Waals surface area contributed by atoms with Crippen molar-refractivity contribution in [1.82, 2.24) is 25.3 Å². The van der Waals surface area contributed by atoms with Crippen LogP contribution in [0.4, 0.5) is 17.3 Å². The minimum Gasteiger partial charge on any atom is -0.493 e. The van der Waals surface area contributed by atoms with Crippen LogP contribution in [0.5, 0.6) is 17.2 Å². The van der Waals surface area contributed by atoms with Gasteiger partial charge in [-0.3, -0.25) is 4.98 Å². The highest BCUT2D eigenvalue weighted by Crippen LogP contribution is 2.45. The van der Waals surface area contributed by atoms with Gasteiger partial charge in [0.1, 0.15) is 11.6 Å². The van der Waals surface area contributed by atoms with E-state index in [9.17, 15) is 0 Å². The van der Waals surface area contributed by atoms with Crippen LogP contribution in [0.2, 0.25) is 0 Å². The number of anilines is 3. The first-order chi connectivity index (χ1) is 18.7. The summed E-state index contributed by atoms with van der Waals surface area (Å²) in [6, 6.07) is 7.57. The van der Waals surface area contributed by atoms with Gasteiger partial charge in [0.15, 0.2) is 17.3 Å². The minimum absolute atomic E-state index is 0.534. The molecule has 0 spiro atoms. The molecule has 4 heterocycles. The standard InChI is InChI=1S/C28H31N7O3/c1-36-22-13-19(14-23(37-2)26(22)38-3)32-24-12-18(6-7-31-24)27-33-21-16-30-15-20(17-4-5-17)25(21)28(34-27)35-10-8-29-9-11-35/h6-7,12-17,29H,4-5,8-11H2,1-3H3,(H,31,32). The molecule has 0 radical (unpaired) electrons. The number of rotatable bonds is 8. The molecule has 10 nitrogen and oxygen atoms in total. The van der Waals surface area contributed by atoms with Gasteiger partial charge in [-0.2, -0.15) is 0 Å². The van der Waals surface area contributed by atoms with E-state index < -0.39 is 0 Å². The summed E-state index contributed by atoms with van der Waals surface area (Å²) in [5.74, 6) is 4.49. The van der Waals surface area contributed by atoms with E-state index in [-0.39, 0.29) is 0 Å². The summed E-state index contributed by atoms with van der Waals surface area (Å²) in [6.45, 7) is 3.68. The lowest BCUT2D eigenvalue weighted by Gasteiger charge is -2.30. The van der Waals surface area contributed by atoms with Gasteiger partial charge in [-0.15, -0.1) is 0 Å². The highest BCUT2D eigenvalue weighted by molar-refractivity contribution is 5.94. The molecule has 196 valence electrons. The number of ether oxygens (including phenoxy) is 3. The maximum absolute atomic E-state index is 5.49. The monoisotopic (exact) mass is 513 g/mol. The number of methoxy groups -OCH3 is 3. The third-order valence-corrected chi connectivity index (χ3v) is 7.01. The summed E-state index contributed by atoms with van der Waals surface area (Å²) < 4.78 is 16.4. The Balaban J connectivity index is 1.39. The molecule has 1 aliphatic carbocycles. The van der Waals surface area contributed by atoms with E-state index in [0.717, 1.165) is 54.2 Å². The van der Waals surface area contributed by atoms with Gasteiger partial charge in [-0.05, 0) is 36.5 Å². The predicted octanol–water partition coefficient (Wildman–Crippen LogP) is 4.14. The third-order valence-electron chi connectivity index (χ3n) is 7.01. The summed E-state index contributed by atoms with van der Waals surface area (Å²) in [6.07, 6.45) is 8.01. The van der Waals surface area contributed by atoms with Gasteiger partial charge in [-0.1, -0.05) is 0 Å². The highest BCUT2D eigenvalue weighted by Gasteiger charge is 2.29. The van der Waals surface area contributed by atoms with E-state index in [0.29, 0.717) is 34.8 Å². The fourth-order valence-electron chi connectivity index (χ4n) is 4.97. The zero-order chi connectivity index (χ0) is 26.1. The fraction of sp³-hybridized carbons (Fsp3) is 0.357. The van der Waals surface area contributed by atoms with Gasteiger partial charge in [0, 0.05) is 67.3 Å². The van der Waals surface area contributed by atoms with Crippen molar-refractivity contribution in [1.29, 1.82) is 0 Å². The van der Waals surface area contributed by atoms with Gasteiger partial charge in [0.2, 0.25) is 5.75 Å². The van der Waals surface area contributed by atoms with Crippen LogP contribution in [0.3, 0.4) is 0 Å². The lowest BCUT2D eigenvalue weighted by atomic mass is 10.1. The molecule has 2 N–H and O–H groups in total. The molecule has 38 heavy (non-hydrogen) atoms. The maximum atomic E-state index is 5.49. The van der Waals surface area contributed by atoms with E-state index in [4.69, 9.17) is 24.2 Å². The van der Waals surface area contributed by atoms with Crippen LogP contribution in [0.1, 0.15) is 24.3 Å². The second-order valence-electron chi connectivity index (χ2n) is 9.47. The number of hydrogen-bond acceptors (Lipinski definition) is 10. The Kier molecular flexibility index (Phi) is 6.55. The Morgan fingerprint density at radius 2 is 1.71 bits per heavy atom. The lowest BCUT2D eigenvalue weighted by molar-refractivity contribution is 0.324. The first-order valence-corrected chi connectivity index (χ1v) is 12.8. The summed E-state index contributed by atoms with van der Waals surface area (Å²) in [7, 11) is 4.77. The maximum Gasteiger partial charge on any atom is 0.203 e. The average molecular weight is 514 g/mol. The van der Waals surface area contributed by atoms with Crippen molar-refractivity contribution in [2.75, 3.05) is 57.7 Å². The molecule has 1 saturated carbocycles. The van der Waals surface area contributed by atoms with Crippen molar-refractivity contribution in [3.05, 3.63) is 48.4 Å². The Labute approximate surface area is 221 Å². The van der Waals surface area contributed by atoms with Gasteiger partial charge < -0.3 is 29.7 Å². The lowest BCUT2D eigenvalue weighted by Crippen LogP contribution is -2.44. The molecule has 3 aromatic heterocycles. The molecular weight excluding hydrogens is 482 g/mol. The largest absolute Gasteiger partial charge is 0.493 e. The predicted molar refractivity (Wildman–Crippen MR) is 147 cm³/mol. The topological polar surface area (TPSA) is 107 Å². The molecule has 1 aromatic carbocycles. The van der Waals surface area contributed by atoms with E-state index in [2.05, 4.69) is 25.5 Å². The zero-order valence-electron chi connectivity index (χ0n) is 21.8. The number of piperazine rings is 1. The highest BCUT2D eigenvalue weighted by atomic mass is 16.5. The summed E-state index contributed by atoms with van der Waals surface area (Å²) in [5, 5.41) is 7.93. The Morgan fingerprint density at radius 1 is 0.947 bits per heavy atom. The number of nitrogens with zero attached hydrogens (tertiary/aromatic N) is 5. The number of pyridine rings is 2. The van der Waals surface area contributed by atoms with Crippen LogP contribution in [-0.4, -0.2) is 67.4 Å². The second-order valence-corrected chi connectivity index (χ2v) is 9.47. The van der Waals surface area contributed by atoms with Crippen molar-refractivity contribution in [2.45, 2.75) is 18.8 Å². The van der Waals surface area contributed by atoms with E-state index in [1.165, 1.54) is 18.4 Å². The van der Waals surface area contributed by atoms with Crippen molar-refractivity contribution >= 4 is 28.2 Å². The molecule has 0 atom stereocenters. The first-order valence-electron chi connectivity index (χ1n) is 12.8.